The lowest BCUT2D eigenvalue weighted by molar-refractivity contribution is -0.155. The number of guanidine groups is 2. The van der Waals surface area contributed by atoms with Crippen molar-refractivity contribution in [2.75, 3.05) is 33.2 Å². The predicted octanol–water partition coefficient (Wildman–Crippen LogP) is 13.1. The van der Waals surface area contributed by atoms with Crippen LogP contribution >= 0.6 is 45.9 Å². The summed E-state index contributed by atoms with van der Waals surface area (Å²) < 4.78 is 29.9. The number of fused-ring (bicyclic) bond motifs is 2. The summed E-state index contributed by atoms with van der Waals surface area (Å²) in [5.74, 6) is -3.43. The van der Waals surface area contributed by atoms with Gasteiger partial charge < -0.3 is 58.4 Å². The van der Waals surface area contributed by atoms with E-state index in [-0.39, 0.29) is 102 Å². The third-order valence-corrected chi connectivity index (χ3v) is 18.7. The molecule has 0 aliphatic carbocycles. The minimum Gasteiger partial charge on any atom is -0.476 e. The molecule has 8 heterocycles. The van der Waals surface area contributed by atoms with Gasteiger partial charge in [-0.25, -0.2) is 43.9 Å². The Morgan fingerprint density at radius 2 is 0.974 bits per heavy atom. The molecule has 0 radical (unpaired) electrons. The standard InChI is InChI=1S/C41H57ClN8O9S.C19H36N4O5.C17H15ClN4O3S/c1-39(2,3)57-32(52)18-24-17-29(50(20-24)35(54)27-22-49-21-26(42)14-15-31(49)45-27)34-46-28(23-60-34)30(51)19-25(33(53)43-10)13-11-12-16-44-36(47-37(55)58-40(4,5)6)48-38(56)59-41(7,8)9;1-8-14(24)13(20)11-9-10-12-21-15(22-16(25)27-18(2,3)4)23-17(26)28-19(5,6)7;1-9-4-13(15-20-12(8-26-15)17(24)25)22(5-9)16(23)11-7-21-6-10(18)2-3-14(21)19-11/h14-15,21-25,29H,11-13,16-20H2,1-10H3,(H,43,53)(H2,44,47,48,55,56);13H,8-12,20H2,1-7H3,(H2,21,22,23,25,26);2-3,6-9,13H,4-5H2,1H3,(H,24,25)/t24-,25+,29-;13-;9-,13+/m001/s1. The van der Waals surface area contributed by atoms with Crippen molar-refractivity contribution in [3.8, 4) is 0 Å². The lowest BCUT2D eigenvalue weighted by Gasteiger charge is -2.22. The second kappa shape index (κ2) is 41.0. The summed E-state index contributed by atoms with van der Waals surface area (Å²) >= 11 is 14.7. The Kier molecular flexibility index (Phi) is 33.5. The number of aromatic carboxylic acids is 1. The van der Waals surface area contributed by atoms with Crippen molar-refractivity contribution in [2.24, 2.45) is 33.5 Å². The highest BCUT2D eigenvalue weighted by Gasteiger charge is 2.42. The van der Waals surface area contributed by atoms with E-state index in [1.165, 1.54) is 35.1 Å². The summed E-state index contributed by atoms with van der Waals surface area (Å²) in [4.78, 5) is 168. The number of hydrogen-bond acceptors (Lipinski definition) is 25. The minimum atomic E-state index is -1.06. The van der Waals surface area contributed by atoms with E-state index in [1.54, 1.807) is 184 Å². The topological polar surface area (TPSA) is 432 Å². The number of halogens is 2. The third-order valence-electron chi connectivity index (χ3n) is 16.4. The van der Waals surface area contributed by atoms with Gasteiger partial charge in [0, 0.05) is 87.5 Å². The molecule has 6 aromatic heterocycles. The number of pyridine rings is 2. The first-order chi connectivity index (χ1) is 53.0. The van der Waals surface area contributed by atoms with E-state index in [0.717, 1.165) is 6.42 Å². The molecule has 8 N–H and O–H groups in total. The van der Waals surface area contributed by atoms with Gasteiger partial charge in [0.05, 0.1) is 34.6 Å². The number of carboxylic acid groups (broad SMARTS) is 1. The number of likely N-dealkylation sites (tertiary alicyclic amines) is 2. The van der Waals surface area contributed by atoms with E-state index >= 15 is 0 Å². The largest absolute Gasteiger partial charge is 0.476 e. The van der Waals surface area contributed by atoms with Crippen molar-refractivity contribution < 1.29 is 81.5 Å². The number of nitrogens with zero attached hydrogens (tertiary/aromatic N) is 10. The Bertz CT molecular complexity index is 4400. The van der Waals surface area contributed by atoms with E-state index in [0.29, 0.717) is 107 Å². The van der Waals surface area contributed by atoms with Crippen molar-refractivity contribution in [2.45, 2.75) is 234 Å². The van der Waals surface area contributed by atoms with Crippen molar-refractivity contribution >= 4 is 135 Å². The van der Waals surface area contributed by atoms with Gasteiger partial charge >= 0.3 is 36.3 Å². The number of ether oxygens (including phenoxy) is 5. The van der Waals surface area contributed by atoms with Crippen LogP contribution in [0, 0.1) is 17.8 Å². The molecular weight excluding hydrogens is 1560 g/mol. The number of nitrogens with two attached hydrogens (primary N) is 1. The number of aliphatic imine (C=N–C) groups is 2. The normalized spacial score (nSPS) is 16.1. The maximum absolute atomic E-state index is 14.0. The first kappa shape index (κ1) is 93.2. The smallest absolute Gasteiger partial charge is 0.414 e. The molecule has 624 valence electrons. The summed E-state index contributed by atoms with van der Waals surface area (Å²) in [7, 11) is 1.50. The van der Waals surface area contributed by atoms with Crippen molar-refractivity contribution in [3.63, 3.8) is 0 Å². The highest BCUT2D eigenvalue weighted by atomic mass is 35.5. The average Bonchev–Trinajstić information content (AvgIpc) is 1.64. The summed E-state index contributed by atoms with van der Waals surface area (Å²) in [5, 5.41) is 26.8. The van der Waals surface area contributed by atoms with Crippen LogP contribution in [-0.2, 0) is 38.1 Å². The van der Waals surface area contributed by atoms with Crippen molar-refractivity contribution in [3.05, 3.63) is 103 Å². The monoisotopic (exact) mass is 1660 g/mol. The number of ketones is 2. The zero-order valence-corrected chi connectivity index (χ0v) is 71.1. The van der Waals surface area contributed by atoms with E-state index in [4.69, 9.17) is 57.7 Å². The highest BCUT2D eigenvalue weighted by Crippen LogP contribution is 2.41. The minimum absolute atomic E-state index is 0.0133. The second-order valence-electron chi connectivity index (χ2n) is 32.4. The zero-order chi connectivity index (χ0) is 85.0. The van der Waals surface area contributed by atoms with Gasteiger partial charge in [-0.1, -0.05) is 43.5 Å². The van der Waals surface area contributed by atoms with Gasteiger partial charge in [0.15, 0.2) is 11.5 Å². The summed E-state index contributed by atoms with van der Waals surface area (Å²) in [5.41, 5.74) is 4.06. The first-order valence-corrected chi connectivity index (χ1v) is 39.9. The molecule has 33 nitrogen and oxygen atoms in total. The number of carboxylic acids is 1. The van der Waals surface area contributed by atoms with Crippen LogP contribution in [-0.4, -0.2) is 188 Å². The molecular formula is C77H108Cl2N16O17S2. The number of rotatable bonds is 23. The Labute approximate surface area is 681 Å². The zero-order valence-electron chi connectivity index (χ0n) is 67.9. The molecule has 8 rings (SSSR count). The molecule has 2 fully saturated rings. The summed E-state index contributed by atoms with van der Waals surface area (Å²) in [6.45, 7) is 31.1. The third kappa shape index (κ3) is 31.2. The molecule has 6 atom stereocenters. The number of amides is 7. The van der Waals surface area contributed by atoms with Crippen LogP contribution < -0.4 is 32.3 Å². The quantitative estimate of drug-likeness (QED) is 0.00782. The van der Waals surface area contributed by atoms with Gasteiger partial charge in [-0.3, -0.25) is 60.0 Å². The predicted molar refractivity (Wildman–Crippen MR) is 431 cm³/mol. The van der Waals surface area contributed by atoms with Gasteiger partial charge in [0.1, 0.15) is 72.2 Å². The Morgan fingerprint density at radius 3 is 1.39 bits per heavy atom. The van der Waals surface area contributed by atoms with Gasteiger partial charge in [-0.2, -0.15) is 0 Å². The van der Waals surface area contributed by atoms with E-state index in [2.05, 4.69) is 63.4 Å². The molecule has 0 saturated carbocycles. The molecule has 2 aliphatic rings. The maximum Gasteiger partial charge on any atom is 0.414 e. The molecule has 2 saturated heterocycles. The summed E-state index contributed by atoms with van der Waals surface area (Å²) in [6, 6.07) is 5.63. The van der Waals surface area contributed by atoms with Crippen LogP contribution in [0.1, 0.15) is 252 Å². The van der Waals surface area contributed by atoms with Crippen LogP contribution in [0.2, 0.25) is 10.0 Å². The number of imidazole rings is 2. The van der Waals surface area contributed by atoms with Crippen molar-refractivity contribution in [1.29, 1.82) is 0 Å². The number of alkyl carbamates (subject to hydrolysis) is 4. The van der Waals surface area contributed by atoms with Gasteiger partial charge in [0.25, 0.3) is 11.8 Å². The number of nitrogens with one attached hydrogen (secondary N) is 5. The number of thiazole rings is 2. The number of hydrogen-bond donors (Lipinski definition) is 7. The van der Waals surface area contributed by atoms with Crippen LogP contribution in [0.4, 0.5) is 19.2 Å². The lowest BCUT2D eigenvalue weighted by Crippen LogP contribution is -2.47. The molecule has 0 spiro atoms. The SMILES string of the molecule is CCC(=O)[C@@H](N)CCCCN=C(NC(=O)OC(C)(C)C)NC(=O)OC(C)(C)C.CNC(=O)[C@H](CCCCN=C(NC(=O)OC(C)(C)C)NC(=O)OC(C)(C)C)CC(=O)c1csc([C@@H]2C[C@@H](CC(=O)OC(C)(C)C)CN2C(=O)c2cn3cc(Cl)ccc3n2)n1.C[C@@H]1C[C@@H](c2nc(C(=O)O)cs2)N(C(=O)c2cn3cc(Cl)ccc3n2)C1. The Hall–Kier alpha value is -9.71. The Balaban J connectivity index is 0.000000308. The number of aromatic nitrogens is 6. The van der Waals surface area contributed by atoms with E-state index < -0.39 is 76.3 Å². The van der Waals surface area contributed by atoms with E-state index in [9.17, 15) is 52.7 Å². The number of carbonyl (C=O) groups is 11. The second-order valence-corrected chi connectivity index (χ2v) is 35.1. The highest BCUT2D eigenvalue weighted by molar-refractivity contribution is 7.10. The number of carbonyl (C=O) groups excluding carboxylic acids is 10. The fourth-order valence-electron chi connectivity index (χ4n) is 11.7. The molecule has 0 bridgehead atoms. The summed E-state index contributed by atoms with van der Waals surface area (Å²) in [6.07, 6.45) is 8.25. The van der Waals surface area contributed by atoms with Crippen LogP contribution in [0.3, 0.4) is 0 Å². The van der Waals surface area contributed by atoms with Crippen LogP contribution in [0.5, 0.6) is 0 Å². The van der Waals surface area contributed by atoms with Gasteiger partial charge in [-0.05, 0) is 185 Å². The fourth-order valence-corrected chi connectivity index (χ4v) is 13.9. The maximum atomic E-state index is 14.0. The average molecular weight is 1660 g/mol. The van der Waals surface area contributed by atoms with Crippen LogP contribution in [0.15, 0.2) is 69.8 Å². The molecule has 0 unspecified atom stereocenters. The number of esters is 1. The van der Waals surface area contributed by atoms with Crippen molar-refractivity contribution in [1.82, 2.24) is 65.1 Å². The Morgan fingerprint density at radius 1 is 0.561 bits per heavy atom. The van der Waals surface area contributed by atoms with Crippen LogP contribution in [0.25, 0.3) is 11.3 Å². The molecule has 7 amide bonds. The molecule has 2 aliphatic heterocycles. The van der Waals surface area contributed by atoms with Gasteiger partial charge in [-0.15, -0.1) is 22.7 Å². The van der Waals surface area contributed by atoms with Gasteiger partial charge in [0.2, 0.25) is 17.8 Å². The number of Topliss-reactive ketones (excluding diaryl/α,β-unsaturated/α-hetero) is 2. The first-order valence-electron chi connectivity index (χ1n) is 37.4. The fraction of sp³-hybridized carbons (Fsp3) is 0.571. The molecule has 0 aromatic carbocycles. The lowest BCUT2D eigenvalue weighted by atomic mass is 9.94. The van der Waals surface area contributed by atoms with E-state index in [1.807, 2.05) is 0 Å². The molecule has 6 aromatic rings. The molecule has 114 heavy (non-hydrogen) atoms. The molecule has 37 heteroatoms. The number of unbranched alkanes of at least 4 members (excludes halogenated alkanes) is 2.